The van der Waals surface area contributed by atoms with Crippen LogP contribution in [0.5, 0.6) is 0 Å². The Morgan fingerprint density at radius 1 is 0.425 bits per heavy atom. The summed E-state index contributed by atoms with van der Waals surface area (Å²) >= 11 is 0. The minimum absolute atomic E-state index is 0.00369. The summed E-state index contributed by atoms with van der Waals surface area (Å²) in [7, 11) is 1.82. The number of hydrogen-bond acceptors (Lipinski definition) is 7. The maximum atomic E-state index is 13.3. The zero-order chi connectivity index (χ0) is 53.9. The van der Waals surface area contributed by atoms with Crippen molar-refractivity contribution in [3.05, 3.63) is 0 Å². The van der Waals surface area contributed by atoms with E-state index in [1.807, 2.05) is 7.11 Å². The van der Waals surface area contributed by atoms with Crippen LogP contribution >= 0.6 is 0 Å². The molecule has 0 saturated carbocycles. The maximum absolute atomic E-state index is 13.3. The van der Waals surface area contributed by atoms with Crippen LogP contribution < -0.4 is 0 Å². The highest BCUT2D eigenvalue weighted by Crippen LogP contribution is 2.23. The van der Waals surface area contributed by atoms with Crippen molar-refractivity contribution in [3.8, 4) is 0 Å². The summed E-state index contributed by atoms with van der Waals surface area (Å²) in [5, 5.41) is 9.80. The zero-order valence-electron chi connectivity index (χ0n) is 50.5. The number of methoxy groups -OCH3 is 1. The molecule has 0 aliphatic heterocycles. The minimum Gasteiger partial charge on any atom is -0.465 e. The summed E-state index contributed by atoms with van der Waals surface area (Å²) in [4.78, 5) is 41.4. The number of unbranched alkanes of at least 4 members (excludes halogenated alkanes) is 27. The zero-order valence-corrected chi connectivity index (χ0v) is 50.5. The molecule has 1 amide bonds. The fourth-order valence-corrected chi connectivity index (χ4v) is 10.5. The van der Waals surface area contributed by atoms with Gasteiger partial charge in [0.15, 0.2) is 0 Å². The molecule has 0 aliphatic carbocycles. The molecule has 0 saturated heterocycles. The predicted octanol–water partition coefficient (Wildman–Crippen LogP) is 18.8. The lowest BCUT2D eigenvalue weighted by molar-refractivity contribution is -0.145. The van der Waals surface area contributed by atoms with Crippen molar-refractivity contribution in [2.45, 2.75) is 337 Å². The SMILES string of the molecule is CCCCCCC(CCCC)COC.CCCCCCC(CCCC)COC(=O)CCCCCCCCC(CCCCCCCCC=O)N(CCCO)CCCCCC(=O)N(CCCCCC)CCCCCC. The molecular formula is C65H130N2O6. The number of esters is 1. The van der Waals surface area contributed by atoms with Gasteiger partial charge in [-0.15, -0.1) is 0 Å². The summed E-state index contributed by atoms with van der Waals surface area (Å²) in [6, 6.07) is 0.544. The number of nitrogens with zero attached hydrogens (tertiary/aromatic N) is 2. The third-order valence-corrected chi connectivity index (χ3v) is 15.4. The molecule has 0 rings (SSSR count). The lowest BCUT2D eigenvalue weighted by Crippen LogP contribution is -2.37. The second-order valence-corrected chi connectivity index (χ2v) is 22.5. The molecule has 8 nitrogen and oxygen atoms in total. The average molecular weight is 1040 g/mol. The van der Waals surface area contributed by atoms with Crippen LogP contribution in [0.15, 0.2) is 0 Å². The van der Waals surface area contributed by atoms with E-state index in [0.717, 1.165) is 109 Å². The van der Waals surface area contributed by atoms with E-state index in [0.29, 0.717) is 43.7 Å². The number of rotatable bonds is 58. The Bertz CT molecular complexity index is 1090. The number of ether oxygens (including phenoxy) is 2. The number of hydrogen-bond donors (Lipinski definition) is 1. The van der Waals surface area contributed by atoms with Crippen LogP contribution in [0.1, 0.15) is 330 Å². The molecule has 0 fully saturated rings. The van der Waals surface area contributed by atoms with Crippen molar-refractivity contribution in [3.63, 3.8) is 0 Å². The Labute approximate surface area is 456 Å². The van der Waals surface area contributed by atoms with Gasteiger partial charge in [0, 0.05) is 65.3 Å². The van der Waals surface area contributed by atoms with E-state index in [4.69, 9.17) is 9.47 Å². The summed E-state index contributed by atoms with van der Waals surface area (Å²) in [6.45, 7) is 19.2. The monoisotopic (exact) mass is 1030 g/mol. The molecule has 8 heteroatoms. The molecule has 0 aromatic rings. The van der Waals surface area contributed by atoms with E-state index in [2.05, 4.69) is 51.3 Å². The standard InChI is InChI=1S/C52H102N2O5.C13H28O/c1-5-9-13-26-37-49(36-12-8-4)48-59-52(58)41-30-23-19-18-22-28-39-50(38-27-21-17-16-20-24-34-46-55)53(45-35-47-56)42-33-25-29-40-51(57)54(43-31-14-10-6-2)44-32-15-11-7-3;1-4-6-8-9-11-13(12-14-3)10-7-5-2/h46,49-50,56H,5-45,47-48H2,1-4H3;13H,4-12H2,1-3H3. The minimum atomic E-state index is -0.00369. The quantitative estimate of drug-likeness (QED) is 0.0368. The molecule has 0 spiro atoms. The summed E-state index contributed by atoms with van der Waals surface area (Å²) in [5.74, 6) is 1.70. The van der Waals surface area contributed by atoms with Crippen molar-refractivity contribution in [2.75, 3.05) is 53.1 Å². The van der Waals surface area contributed by atoms with E-state index in [9.17, 15) is 19.5 Å². The molecule has 3 atom stereocenters. The van der Waals surface area contributed by atoms with Gasteiger partial charge in [0.1, 0.15) is 6.29 Å². The third kappa shape index (κ3) is 52.3. The van der Waals surface area contributed by atoms with Crippen LogP contribution in [0.25, 0.3) is 0 Å². The maximum Gasteiger partial charge on any atom is 0.305 e. The molecular weight excluding hydrogens is 905 g/mol. The molecule has 0 radical (unpaired) electrons. The summed E-state index contributed by atoms with van der Waals surface area (Å²) in [5.41, 5.74) is 0. The van der Waals surface area contributed by atoms with Gasteiger partial charge in [0.2, 0.25) is 5.91 Å². The van der Waals surface area contributed by atoms with E-state index in [1.54, 1.807) is 0 Å². The lowest BCUT2D eigenvalue weighted by Gasteiger charge is -2.32. The van der Waals surface area contributed by atoms with Crippen molar-refractivity contribution < 1.29 is 29.0 Å². The van der Waals surface area contributed by atoms with Gasteiger partial charge in [-0.3, -0.25) is 9.59 Å². The molecule has 0 aromatic heterocycles. The summed E-state index contributed by atoms with van der Waals surface area (Å²) < 4.78 is 11.0. The Hall–Kier alpha value is -1.51. The first kappa shape index (κ1) is 73.6. The first-order valence-electron chi connectivity index (χ1n) is 32.5. The van der Waals surface area contributed by atoms with Gasteiger partial charge in [-0.25, -0.2) is 0 Å². The number of aldehydes is 1. The smallest absolute Gasteiger partial charge is 0.305 e. The Kier molecular flexibility index (Phi) is 61.8. The molecule has 436 valence electrons. The Morgan fingerprint density at radius 3 is 1.30 bits per heavy atom. The van der Waals surface area contributed by atoms with Crippen molar-refractivity contribution in [1.82, 2.24) is 9.80 Å². The number of aliphatic hydroxyl groups excluding tert-OH is 1. The largest absolute Gasteiger partial charge is 0.465 e. The summed E-state index contributed by atoms with van der Waals surface area (Å²) in [6.07, 6.45) is 53.9. The number of carbonyl (C=O) groups is 3. The molecule has 73 heavy (non-hydrogen) atoms. The second kappa shape index (κ2) is 61.3. The molecule has 1 N–H and O–H groups in total. The van der Waals surface area contributed by atoms with Crippen LogP contribution in [0.3, 0.4) is 0 Å². The first-order chi connectivity index (χ1) is 35.8. The van der Waals surface area contributed by atoms with E-state index < -0.39 is 0 Å². The lowest BCUT2D eigenvalue weighted by atomic mass is 9.96. The molecule has 0 heterocycles. The van der Waals surface area contributed by atoms with E-state index in [1.165, 1.54) is 205 Å². The Balaban J connectivity index is 0. The fraction of sp³-hybridized carbons (Fsp3) is 0.954. The molecule has 0 bridgehead atoms. The second-order valence-electron chi connectivity index (χ2n) is 22.5. The molecule has 0 aliphatic rings. The van der Waals surface area contributed by atoms with E-state index >= 15 is 0 Å². The highest BCUT2D eigenvalue weighted by molar-refractivity contribution is 5.76. The van der Waals surface area contributed by atoms with Crippen molar-refractivity contribution in [2.24, 2.45) is 11.8 Å². The first-order valence-corrected chi connectivity index (χ1v) is 32.5. The van der Waals surface area contributed by atoms with Crippen LogP contribution in [0.2, 0.25) is 0 Å². The van der Waals surface area contributed by atoms with Gasteiger partial charge in [-0.1, -0.05) is 228 Å². The number of carbonyl (C=O) groups excluding carboxylic acids is 3. The molecule has 3 unspecified atom stereocenters. The molecule has 0 aromatic carbocycles. The van der Waals surface area contributed by atoms with Gasteiger partial charge in [-0.2, -0.15) is 0 Å². The van der Waals surface area contributed by atoms with Gasteiger partial charge in [-0.05, 0) is 102 Å². The third-order valence-electron chi connectivity index (χ3n) is 15.4. The van der Waals surface area contributed by atoms with Crippen molar-refractivity contribution in [1.29, 1.82) is 0 Å². The van der Waals surface area contributed by atoms with Crippen LogP contribution in [0, 0.1) is 11.8 Å². The number of amides is 1. The number of aliphatic hydroxyl groups is 1. The van der Waals surface area contributed by atoms with Gasteiger partial charge in [0.25, 0.3) is 0 Å². The predicted molar refractivity (Wildman–Crippen MR) is 317 cm³/mol. The Morgan fingerprint density at radius 2 is 0.808 bits per heavy atom. The van der Waals surface area contributed by atoms with Crippen LogP contribution in [0.4, 0.5) is 0 Å². The van der Waals surface area contributed by atoms with Crippen molar-refractivity contribution >= 4 is 18.2 Å². The van der Waals surface area contributed by atoms with Gasteiger partial charge >= 0.3 is 5.97 Å². The highest BCUT2D eigenvalue weighted by Gasteiger charge is 2.19. The van der Waals surface area contributed by atoms with E-state index in [-0.39, 0.29) is 12.6 Å². The van der Waals surface area contributed by atoms with Crippen LogP contribution in [-0.4, -0.2) is 92.2 Å². The fourth-order valence-electron chi connectivity index (χ4n) is 10.5. The topological polar surface area (TPSA) is 96.4 Å². The van der Waals surface area contributed by atoms with Crippen LogP contribution in [-0.2, 0) is 23.9 Å². The van der Waals surface area contributed by atoms with Gasteiger partial charge < -0.3 is 29.2 Å². The highest BCUT2D eigenvalue weighted by atomic mass is 16.5. The van der Waals surface area contributed by atoms with Gasteiger partial charge in [0.05, 0.1) is 6.61 Å². The average Bonchev–Trinajstić information content (AvgIpc) is 3.39. The normalized spacial score (nSPS) is 12.7.